The zero-order chi connectivity index (χ0) is 31.1. The van der Waals surface area contributed by atoms with Crippen LogP contribution >= 0.6 is 0 Å². The van der Waals surface area contributed by atoms with Crippen molar-refractivity contribution in [2.24, 2.45) is 14.1 Å². The lowest BCUT2D eigenvalue weighted by molar-refractivity contribution is 0.293. The molecule has 0 fully saturated rings. The second kappa shape index (κ2) is 13.8. The van der Waals surface area contributed by atoms with E-state index < -0.39 is 10.0 Å². The van der Waals surface area contributed by atoms with E-state index in [9.17, 15) is 13.2 Å². The highest BCUT2D eigenvalue weighted by Gasteiger charge is 2.22. The third-order valence-electron chi connectivity index (χ3n) is 6.85. The summed E-state index contributed by atoms with van der Waals surface area (Å²) >= 11 is 0. The van der Waals surface area contributed by atoms with Crippen LogP contribution in [0.3, 0.4) is 0 Å². The smallest absolute Gasteiger partial charge is 0.328 e. The van der Waals surface area contributed by atoms with E-state index in [1.165, 1.54) is 41.6 Å². The Bertz CT molecular complexity index is 1740. The summed E-state index contributed by atoms with van der Waals surface area (Å²) in [5, 5.41) is 0. The Morgan fingerprint density at radius 2 is 1.35 bits per heavy atom. The molecule has 0 unspecified atom stereocenters. The first-order valence-corrected chi connectivity index (χ1v) is 15.6. The zero-order valence-electron chi connectivity index (χ0n) is 25.4. The van der Waals surface area contributed by atoms with Crippen LogP contribution in [0, 0.1) is 0 Å². The summed E-state index contributed by atoms with van der Waals surface area (Å²) in [6.45, 7) is 5.19. The number of rotatable bonds is 15. The van der Waals surface area contributed by atoms with Crippen molar-refractivity contribution in [2.45, 2.75) is 44.4 Å². The second-order valence-electron chi connectivity index (χ2n) is 10.0. The number of nitrogens with one attached hydrogen (secondary N) is 1. The van der Waals surface area contributed by atoms with E-state index in [1.54, 1.807) is 44.4 Å². The molecule has 11 nitrogen and oxygen atoms in total. The van der Waals surface area contributed by atoms with Gasteiger partial charge in [-0.25, -0.2) is 13.2 Å². The molecule has 12 heteroatoms. The topological polar surface area (TPSA) is 119 Å². The molecule has 0 spiro atoms. The quantitative estimate of drug-likeness (QED) is 0.166. The maximum atomic E-state index is 13.6. The number of aryl methyl sites for hydroxylation is 2. The normalized spacial score (nSPS) is 11.4. The van der Waals surface area contributed by atoms with Crippen LogP contribution in [0.1, 0.15) is 39.5 Å². The Labute approximate surface area is 251 Å². The highest BCUT2D eigenvalue weighted by Crippen LogP contribution is 2.38. The highest BCUT2D eigenvalue weighted by atomic mass is 32.2. The number of ether oxygens (including phenoxy) is 5. The van der Waals surface area contributed by atoms with E-state index >= 15 is 0 Å². The van der Waals surface area contributed by atoms with Crippen LogP contribution in [0.15, 0.2) is 58.2 Å². The Hall–Kier alpha value is -4.32. The van der Waals surface area contributed by atoms with E-state index in [4.69, 9.17) is 23.7 Å². The molecule has 232 valence electrons. The number of anilines is 1. The third-order valence-corrected chi connectivity index (χ3v) is 8.22. The zero-order valence-corrected chi connectivity index (χ0v) is 26.2. The highest BCUT2D eigenvalue weighted by molar-refractivity contribution is 7.92. The summed E-state index contributed by atoms with van der Waals surface area (Å²) in [5.41, 5.74) is 0.947. The second-order valence-corrected chi connectivity index (χ2v) is 11.7. The molecule has 0 amide bonds. The molecule has 0 aliphatic heterocycles. The summed E-state index contributed by atoms with van der Waals surface area (Å²) < 4.78 is 61.4. The van der Waals surface area contributed by atoms with Gasteiger partial charge in [-0.1, -0.05) is 26.7 Å². The molecule has 4 aromatic rings. The van der Waals surface area contributed by atoms with Crippen LogP contribution in [-0.2, 0) is 24.1 Å². The van der Waals surface area contributed by atoms with E-state index in [2.05, 4.69) is 11.6 Å². The Morgan fingerprint density at radius 1 is 0.721 bits per heavy atom. The number of hydrogen-bond donors (Lipinski definition) is 1. The Kier molecular flexibility index (Phi) is 10.1. The molecule has 0 saturated heterocycles. The fourth-order valence-electron chi connectivity index (χ4n) is 4.54. The molecule has 0 aliphatic carbocycles. The summed E-state index contributed by atoms with van der Waals surface area (Å²) in [5.74, 6) is 2.35. The molecule has 0 radical (unpaired) electrons. The summed E-state index contributed by atoms with van der Waals surface area (Å²) in [4.78, 5) is 12.7. The van der Waals surface area contributed by atoms with Gasteiger partial charge in [0.25, 0.3) is 10.0 Å². The van der Waals surface area contributed by atoms with Gasteiger partial charge in [-0.15, -0.1) is 0 Å². The van der Waals surface area contributed by atoms with Crippen molar-refractivity contribution in [3.63, 3.8) is 0 Å². The molecular weight excluding hydrogens is 574 g/mol. The van der Waals surface area contributed by atoms with Gasteiger partial charge in [-0.2, -0.15) is 0 Å². The van der Waals surface area contributed by atoms with Crippen LogP contribution < -0.4 is 34.1 Å². The number of hydrogen-bond acceptors (Lipinski definition) is 8. The lowest BCUT2D eigenvalue weighted by atomic mass is 10.2. The third kappa shape index (κ3) is 7.19. The summed E-state index contributed by atoms with van der Waals surface area (Å²) in [6.07, 6.45) is 3.85. The number of unbranched alkanes of at least 4 members (excludes halogenated alkanes) is 2. The van der Waals surface area contributed by atoms with Gasteiger partial charge in [0, 0.05) is 44.4 Å². The van der Waals surface area contributed by atoms with Crippen LogP contribution in [0.4, 0.5) is 5.69 Å². The van der Waals surface area contributed by atoms with Gasteiger partial charge in [0.15, 0.2) is 17.2 Å². The van der Waals surface area contributed by atoms with Crippen LogP contribution in [0.25, 0.3) is 11.0 Å². The minimum absolute atomic E-state index is 0.0455. The molecule has 4 rings (SSSR count). The number of nitrogens with zero attached hydrogens (tertiary/aromatic N) is 2. The maximum Gasteiger partial charge on any atom is 0.328 e. The first-order valence-electron chi connectivity index (χ1n) is 14.1. The fourth-order valence-corrected chi connectivity index (χ4v) is 5.61. The van der Waals surface area contributed by atoms with E-state index in [0.717, 1.165) is 25.7 Å². The molecule has 0 aliphatic rings. The lowest BCUT2D eigenvalue weighted by Crippen LogP contribution is -2.19. The Balaban J connectivity index is 1.78. The van der Waals surface area contributed by atoms with Crippen molar-refractivity contribution < 1.29 is 32.1 Å². The number of sulfonamides is 1. The standard InChI is InChI=1S/C31H39N3O8S/c1-7-9-10-14-41-22-15-21(40-13-8-2)16-23(17-22)42-29-20-27-26(33(3)31(35)34(27)4)19-25(29)32-43(36,37)24-11-12-28(38-5)30(18-24)39-6/h11-12,15-20,32H,7-10,13-14H2,1-6H3. The number of benzene rings is 3. The largest absolute Gasteiger partial charge is 0.493 e. The molecule has 43 heavy (non-hydrogen) atoms. The first-order chi connectivity index (χ1) is 20.6. The predicted octanol–water partition coefficient (Wildman–Crippen LogP) is 5.85. The summed E-state index contributed by atoms with van der Waals surface area (Å²) in [6, 6.07) is 12.8. The molecule has 0 bridgehead atoms. The number of fused-ring (bicyclic) bond motifs is 1. The molecule has 0 atom stereocenters. The average Bonchev–Trinajstić information content (AvgIpc) is 3.20. The van der Waals surface area contributed by atoms with Crippen LogP contribution in [-0.4, -0.2) is 45.0 Å². The monoisotopic (exact) mass is 613 g/mol. The molecule has 1 aromatic heterocycles. The average molecular weight is 614 g/mol. The number of imidazole rings is 1. The van der Waals surface area contributed by atoms with E-state index in [0.29, 0.717) is 47.2 Å². The lowest BCUT2D eigenvalue weighted by Gasteiger charge is -2.17. The molecule has 1 heterocycles. The Morgan fingerprint density at radius 3 is 1.98 bits per heavy atom. The predicted molar refractivity (Wildman–Crippen MR) is 166 cm³/mol. The first kappa shape index (κ1) is 31.6. The number of aromatic nitrogens is 2. The SMILES string of the molecule is CCCCCOc1cc(OCCC)cc(Oc2cc3c(cc2NS(=O)(=O)c2ccc(OC)c(OC)c2)n(C)c(=O)n3C)c1. The van der Waals surface area contributed by atoms with Crippen LogP contribution in [0.2, 0.25) is 0 Å². The fraction of sp³-hybridized carbons (Fsp3) is 0.387. The van der Waals surface area contributed by atoms with Gasteiger partial charge in [0.1, 0.15) is 17.2 Å². The van der Waals surface area contributed by atoms with Crippen molar-refractivity contribution in [3.8, 4) is 34.5 Å². The minimum atomic E-state index is -4.13. The van der Waals surface area contributed by atoms with Gasteiger partial charge >= 0.3 is 5.69 Å². The maximum absolute atomic E-state index is 13.6. The van der Waals surface area contributed by atoms with Crippen molar-refractivity contribution >= 4 is 26.7 Å². The van der Waals surface area contributed by atoms with Crippen molar-refractivity contribution in [3.05, 3.63) is 59.0 Å². The number of methoxy groups -OCH3 is 2. The molecule has 0 saturated carbocycles. The minimum Gasteiger partial charge on any atom is -0.493 e. The van der Waals surface area contributed by atoms with Crippen molar-refractivity contribution in [1.82, 2.24) is 9.13 Å². The molecule has 3 aromatic carbocycles. The van der Waals surface area contributed by atoms with Gasteiger partial charge in [0.05, 0.1) is 49.0 Å². The van der Waals surface area contributed by atoms with Gasteiger partial charge in [-0.05, 0) is 31.0 Å². The van der Waals surface area contributed by atoms with Crippen LogP contribution in [0.5, 0.6) is 34.5 Å². The molecule has 1 N–H and O–H groups in total. The van der Waals surface area contributed by atoms with Gasteiger partial charge < -0.3 is 23.7 Å². The molecular formula is C31H39N3O8S. The van der Waals surface area contributed by atoms with E-state index in [1.807, 2.05) is 6.92 Å². The van der Waals surface area contributed by atoms with Gasteiger partial charge in [-0.3, -0.25) is 13.9 Å². The van der Waals surface area contributed by atoms with Crippen molar-refractivity contribution in [1.29, 1.82) is 0 Å². The van der Waals surface area contributed by atoms with Gasteiger partial charge in [0.2, 0.25) is 0 Å². The summed E-state index contributed by atoms with van der Waals surface area (Å²) in [7, 11) is 2.03. The van der Waals surface area contributed by atoms with E-state index in [-0.39, 0.29) is 27.8 Å². The van der Waals surface area contributed by atoms with Crippen molar-refractivity contribution in [2.75, 3.05) is 32.2 Å².